The molecule has 2 nitrogen and oxygen atoms in total. The summed E-state index contributed by atoms with van der Waals surface area (Å²) in [5.41, 5.74) is 9.17. The minimum absolute atomic E-state index is 0.959. The van der Waals surface area contributed by atoms with Crippen LogP contribution in [0.2, 0.25) is 0 Å². The van der Waals surface area contributed by atoms with E-state index in [-0.39, 0.29) is 0 Å². The molecule has 3 heteroatoms. The highest BCUT2D eigenvalue weighted by Gasteiger charge is 2.15. The minimum atomic E-state index is 0.959. The van der Waals surface area contributed by atoms with Gasteiger partial charge in [-0.1, -0.05) is 103 Å². The molecule has 0 aliphatic rings. The summed E-state index contributed by atoms with van der Waals surface area (Å²) in [6.45, 7) is 0. The summed E-state index contributed by atoms with van der Waals surface area (Å²) in [4.78, 5) is 10.5. The van der Waals surface area contributed by atoms with E-state index in [9.17, 15) is 0 Å². The molecule has 228 valence electrons. The Hall–Kier alpha value is -6.16. The number of nitrogens with zero attached hydrogens (tertiary/aromatic N) is 2. The number of thiophene rings is 1. The molecule has 0 atom stereocenters. The molecule has 0 unspecified atom stereocenters. The van der Waals surface area contributed by atoms with Crippen LogP contribution < -0.4 is 0 Å². The molecule has 0 saturated carbocycles. The highest BCUT2D eigenvalue weighted by Crippen LogP contribution is 2.42. The molecule has 0 saturated heterocycles. The minimum Gasteiger partial charge on any atom is -0.256 e. The third kappa shape index (κ3) is 4.62. The maximum Gasteiger partial charge on any atom is 0.124 e. The van der Waals surface area contributed by atoms with Crippen LogP contribution in [-0.4, -0.2) is 9.97 Å². The molecule has 7 aromatic carbocycles. The van der Waals surface area contributed by atoms with Gasteiger partial charge >= 0.3 is 0 Å². The van der Waals surface area contributed by atoms with Gasteiger partial charge in [0, 0.05) is 33.4 Å². The molecule has 0 aliphatic heterocycles. The highest BCUT2D eigenvalue weighted by molar-refractivity contribution is 7.26. The number of pyridine rings is 2. The summed E-state index contributed by atoms with van der Waals surface area (Å²) in [7, 11) is 0. The van der Waals surface area contributed by atoms with E-state index in [0.29, 0.717) is 0 Å². The number of hydrogen-bond donors (Lipinski definition) is 0. The fourth-order valence-electron chi connectivity index (χ4n) is 7.46. The van der Waals surface area contributed by atoms with E-state index in [1.165, 1.54) is 75.6 Å². The Kier molecular flexibility index (Phi) is 6.39. The zero-order valence-electron chi connectivity index (χ0n) is 26.5. The molecule has 0 spiro atoms. The van der Waals surface area contributed by atoms with Gasteiger partial charge in [-0.2, -0.15) is 0 Å². The van der Waals surface area contributed by atoms with Gasteiger partial charge in [-0.25, -0.2) is 4.98 Å². The van der Waals surface area contributed by atoms with E-state index >= 15 is 0 Å². The van der Waals surface area contributed by atoms with Crippen molar-refractivity contribution in [2.45, 2.75) is 0 Å². The molecule has 10 rings (SSSR count). The van der Waals surface area contributed by atoms with Crippen molar-refractivity contribution in [1.82, 2.24) is 9.97 Å². The van der Waals surface area contributed by atoms with Gasteiger partial charge in [0.05, 0.1) is 5.69 Å². The predicted octanol–water partition coefficient (Wildman–Crippen LogP) is 13.0. The van der Waals surface area contributed by atoms with Crippen molar-refractivity contribution in [3.05, 3.63) is 170 Å². The van der Waals surface area contributed by atoms with Crippen LogP contribution >= 0.6 is 11.3 Å². The second kappa shape index (κ2) is 11.2. The smallest absolute Gasteiger partial charge is 0.124 e. The zero-order valence-corrected chi connectivity index (χ0v) is 27.3. The van der Waals surface area contributed by atoms with Gasteiger partial charge in [-0.15, -0.1) is 11.3 Å². The molecule has 10 aromatic rings. The van der Waals surface area contributed by atoms with Crippen LogP contribution in [0.5, 0.6) is 0 Å². The Bertz CT molecular complexity index is 2850. The number of fused-ring (bicyclic) bond motifs is 9. The van der Waals surface area contributed by atoms with Crippen LogP contribution in [0.25, 0.3) is 97.3 Å². The number of rotatable bonds is 4. The maximum atomic E-state index is 4.75. The van der Waals surface area contributed by atoms with Gasteiger partial charge in [0.15, 0.2) is 0 Å². The summed E-state index contributed by atoms with van der Waals surface area (Å²) >= 11 is 1.76. The molecule has 0 N–H and O–H groups in total. The molecule has 3 aromatic heterocycles. The van der Waals surface area contributed by atoms with Crippen molar-refractivity contribution < 1.29 is 0 Å². The second-order valence-electron chi connectivity index (χ2n) is 12.6. The Morgan fingerprint density at radius 1 is 0.327 bits per heavy atom. The first kappa shape index (κ1) is 27.9. The molecule has 0 aliphatic carbocycles. The van der Waals surface area contributed by atoms with Crippen molar-refractivity contribution >= 4 is 64.0 Å². The van der Waals surface area contributed by atoms with Crippen molar-refractivity contribution in [2.75, 3.05) is 0 Å². The van der Waals surface area contributed by atoms with Crippen molar-refractivity contribution in [3.8, 4) is 44.6 Å². The van der Waals surface area contributed by atoms with E-state index in [1.54, 1.807) is 11.3 Å². The SMILES string of the molecule is c1ccc(-c2cc(-c3cccc(-c4ccc5c6ccccc6c6ccccc6c5c4)c3)cc(-c3cccc4c3sc3ncccc34)c2)nc1. The third-order valence-corrected chi connectivity index (χ3v) is 10.9. The molecule has 0 bridgehead atoms. The Morgan fingerprint density at radius 3 is 1.67 bits per heavy atom. The lowest BCUT2D eigenvalue weighted by Gasteiger charge is -2.14. The standard InChI is InChI=1S/C46H28N2S/c1-2-14-38-36(12-1)37-13-3-4-15-39(37)43-28-31(20-21-40(38)43)29-10-7-11-30(24-29)32-25-33(27-34(26-32)44-19-5-6-22-47-44)35-16-8-17-41-42-18-9-23-48-46(42)49-45(35)41/h1-28H. The molecular weight excluding hydrogens is 613 g/mol. The summed E-state index contributed by atoms with van der Waals surface area (Å²) in [6.07, 6.45) is 3.75. The van der Waals surface area contributed by atoms with Gasteiger partial charge in [0.2, 0.25) is 0 Å². The van der Waals surface area contributed by atoms with Gasteiger partial charge in [-0.3, -0.25) is 4.98 Å². The first-order valence-electron chi connectivity index (χ1n) is 16.6. The normalized spacial score (nSPS) is 11.7. The van der Waals surface area contributed by atoms with Crippen molar-refractivity contribution in [1.29, 1.82) is 0 Å². The Morgan fingerprint density at radius 2 is 0.898 bits per heavy atom. The van der Waals surface area contributed by atoms with E-state index in [1.807, 2.05) is 24.5 Å². The van der Waals surface area contributed by atoms with Crippen LogP contribution in [0.1, 0.15) is 0 Å². The molecule has 0 amide bonds. The molecule has 3 heterocycles. The van der Waals surface area contributed by atoms with Crippen LogP contribution in [0, 0.1) is 0 Å². The van der Waals surface area contributed by atoms with Crippen molar-refractivity contribution in [3.63, 3.8) is 0 Å². The summed E-state index contributed by atoms with van der Waals surface area (Å²) in [6, 6.07) is 57.2. The quantitative estimate of drug-likeness (QED) is 0.179. The highest BCUT2D eigenvalue weighted by atomic mass is 32.1. The van der Waals surface area contributed by atoms with E-state index < -0.39 is 0 Å². The van der Waals surface area contributed by atoms with Gasteiger partial charge < -0.3 is 0 Å². The number of hydrogen-bond acceptors (Lipinski definition) is 3. The molecule has 49 heavy (non-hydrogen) atoms. The molecule has 0 radical (unpaired) electrons. The predicted molar refractivity (Wildman–Crippen MR) is 209 cm³/mol. The molecular formula is C46H28N2S. The molecule has 0 fully saturated rings. The summed E-state index contributed by atoms with van der Waals surface area (Å²) in [5, 5.41) is 10.2. The van der Waals surface area contributed by atoms with E-state index in [0.717, 1.165) is 21.7 Å². The van der Waals surface area contributed by atoms with Crippen LogP contribution in [0.15, 0.2) is 170 Å². The van der Waals surface area contributed by atoms with Crippen LogP contribution in [-0.2, 0) is 0 Å². The lowest BCUT2D eigenvalue weighted by Crippen LogP contribution is -1.89. The van der Waals surface area contributed by atoms with Gasteiger partial charge in [-0.05, 0) is 120 Å². The second-order valence-corrected chi connectivity index (χ2v) is 13.6. The van der Waals surface area contributed by atoms with Crippen LogP contribution in [0.3, 0.4) is 0 Å². The van der Waals surface area contributed by atoms with E-state index in [4.69, 9.17) is 4.98 Å². The summed E-state index contributed by atoms with van der Waals surface area (Å²) in [5.74, 6) is 0. The number of aromatic nitrogens is 2. The average Bonchev–Trinajstić information content (AvgIpc) is 3.57. The monoisotopic (exact) mass is 640 g/mol. The van der Waals surface area contributed by atoms with Gasteiger partial charge in [0.25, 0.3) is 0 Å². The lowest BCUT2D eigenvalue weighted by molar-refractivity contribution is 1.33. The van der Waals surface area contributed by atoms with Crippen LogP contribution in [0.4, 0.5) is 0 Å². The average molecular weight is 641 g/mol. The number of benzene rings is 7. The lowest BCUT2D eigenvalue weighted by atomic mass is 9.90. The third-order valence-electron chi connectivity index (χ3n) is 9.75. The Balaban J connectivity index is 1.15. The first-order valence-corrected chi connectivity index (χ1v) is 17.4. The first-order chi connectivity index (χ1) is 24.3. The zero-order chi connectivity index (χ0) is 32.3. The maximum absolute atomic E-state index is 4.75. The largest absolute Gasteiger partial charge is 0.256 e. The van der Waals surface area contributed by atoms with Gasteiger partial charge in [0.1, 0.15) is 4.83 Å². The fourth-order valence-corrected chi connectivity index (χ4v) is 8.64. The topological polar surface area (TPSA) is 25.8 Å². The van der Waals surface area contributed by atoms with E-state index in [2.05, 4.69) is 151 Å². The Labute approximate surface area is 287 Å². The summed E-state index contributed by atoms with van der Waals surface area (Å²) < 4.78 is 1.25. The fraction of sp³-hybridized carbons (Fsp3) is 0. The van der Waals surface area contributed by atoms with Crippen molar-refractivity contribution in [2.24, 2.45) is 0 Å².